The number of hydrogen-bond acceptors (Lipinski definition) is 3. The van der Waals surface area contributed by atoms with Crippen LogP contribution in [-0.2, 0) is 10.0 Å². The van der Waals surface area contributed by atoms with E-state index in [0.717, 1.165) is 6.42 Å². The lowest BCUT2D eigenvalue weighted by atomic mass is 10.3. The fourth-order valence-corrected chi connectivity index (χ4v) is 4.02. The second-order valence-electron chi connectivity index (χ2n) is 3.84. The second kappa shape index (κ2) is 6.36. The third-order valence-electron chi connectivity index (χ3n) is 2.38. The van der Waals surface area contributed by atoms with Gasteiger partial charge in [-0.15, -0.1) is 6.58 Å². The second-order valence-corrected chi connectivity index (χ2v) is 6.60. The van der Waals surface area contributed by atoms with E-state index in [-0.39, 0.29) is 11.4 Å². The Morgan fingerprint density at radius 3 is 2.72 bits per heavy atom. The van der Waals surface area contributed by atoms with Crippen molar-refractivity contribution in [1.29, 1.82) is 0 Å². The highest BCUT2D eigenvalue weighted by Crippen LogP contribution is 2.27. The first-order chi connectivity index (χ1) is 8.43. The van der Waals surface area contributed by atoms with E-state index >= 15 is 0 Å². The molecule has 0 bridgehead atoms. The smallest absolute Gasteiger partial charge is 0.244 e. The molecule has 0 spiro atoms. The molecule has 0 unspecified atom stereocenters. The van der Waals surface area contributed by atoms with Crippen LogP contribution in [-0.4, -0.2) is 25.8 Å². The molecule has 0 heterocycles. The Labute approximate surface area is 117 Å². The average Bonchev–Trinajstić information content (AvgIpc) is 2.32. The highest BCUT2D eigenvalue weighted by atomic mass is 79.9. The fraction of sp³-hybridized carbons (Fsp3) is 0.333. The summed E-state index contributed by atoms with van der Waals surface area (Å²) in [4.78, 5) is 0.192. The lowest BCUT2D eigenvalue weighted by molar-refractivity contribution is 0.441. The first-order valence-corrected chi connectivity index (χ1v) is 7.82. The van der Waals surface area contributed by atoms with Crippen LogP contribution in [0, 0.1) is 0 Å². The number of nitrogen functional groups attached to an aromatic ring is 1. The van der Waals surface area contributed by atoms with Crippen LogP contribution in [0.1, 0.15) is 13.3 Å². The first kappa shape index (κ1) is 15.2. The van der Waals surface area contributed by atoms with Crippen molar-refractivity contribution in [2.24, 2.45) is 0 Å². The highest BCUT2D eigenvalue weighted by molar-refractivity contribution is 9.10. The molecular weight excluding hydrogens is 316 g/mol. The average molecular weight is 333 g/mol. The van der Waals surface area contributed by atoms with E-state index < -0.39 is 10.0 Å². The minimum Gasteiger partial charge on any atom is -0.399 e. The molecule has 0 fully saturated rings. The summed E-state index contributed by atoms with van der Waals surface area (Å²) in [6.45, 7) is 6.26. The van der Waals surface area contributed by atoms with Gasteiger partial charge in [-0.3, -0.25) is 0 Å². The Kier molecular flexibility index (Phi) is 5.37. The molecule has 1 aromatic rings. The molecule has 0 aromatic heterocycles. The third-order valence-corrected chi connectivity index (χ3v) is 5.24. The van der Waals surface area contributed by atoms with Crippen molar-refractivity contribution in [2.45, 2.75) is 18.2 Å². The third kappa shape index (κ3) is 3.34. The van der Waals surface area contributed by atoms with E-state index in [1.807, 2.05) is 6.92 Å². The van der Waals surface area contributed by atoms with E-state index in [0.29, 0.717) is 16.7 Å². The SMILES string of the molecule is C=CCN(CCC)S(=O)(=O)c1cc(N)ccc1Br. The van der Waals surface area contributed by atoms with E-state index in [4.69, 9.17) is 5.73 Å². The first-order valence-electron chi connectivity index (χ1n) is 5.59. The summed E-state index contributed by atoms with van der Waals surface area (Å²) in [5.41, 5.74) is 6.07. The van der Waals surface area contributed by atoms with E-state index in [1.54, 1.807) is 18.2 Å². The van der Waals surface area contributed by atoms with Crippen molar-refractivity contribution >= 4 is 31.6 Å². The normalized spacial score (nSPS) is 11.7. The number of anilines is 1. The van der Waals surface area contributed by atoms with E-state index in [9.17, 15) is 8.42 Å². The van der Waals surface area contributed by atoms with Crippen LogP contribution in [0.5, 0.6) is 0 Å². The Balaban J connectivity index is 3.25. The molecule has 1 rings (SSSR count). The topological polar surface area (TPSA) is 63.4 Å². The minimum atomic E-state index is -3.54. The molecule has 0 aliphatic rings. The predicted molar refractivity (Wildman–Crippen MR) is 77.8 cm³/mol. The summed E-state index contributed by atoms with van der Waals surface area (Å²) < 4.78 is 26.9. The van der Waals surface area contributed by atoms with Gasteiger partial charge in [-0.25, -0.2) is 8.42 Å². The zero-order chi connectivity index (χ0) is 13.8. The Morgan fingerprint density at radius 1 is 1.50 bits per heavy atom. The summed E-state index contributed by atoms with van der Waals surface area (Å²) in [6.07, 6.45) is 2.32. The molecule has 0 saturated heterocycles. The Morgan fingerprint density at radius 2 is 2.17 bits per heavy atom. The molecule has 6 heteroatoms. The molecule has 0 amide bonds. The van der Waals surface area contributed by atoms with Crippen LogP contribution in [0.25, 0.3) is 0 Å². The van der Waals surface area contributed by atoms with Gasteiger partial charge in [0, 0.05) is 23.2 Å². The van der Waals surface area contributed by atoms with Crippen molar-refractivity contribution < 1.29 is 8.42 Å². The van der Waals surface area contributed by atoms with Crippen LogP contribution in [0.2, 0.25) is 0 Å². The number of nitrogens with zero attached hydrogens (tertiary/aromatic N) is 1. The van der Waals surface area contributed by atoms with Crippen molar-refractivity contribution in [2.75, 3.05) is 18.8 Å². The zero-order valence-corrected chi connectivity index (χ0v) is 12.7. The lowest BCUT2D eigenvalue weighted by Gasteiger charge is -2.20. The molecule has 100 valence electrons. The van der Waals surface area contributed by atoms with Gasteiger partial charge in [0.15, 0.2) is 0 Å². The van der Waals surface area contributed by atoms with Gasteiger partial charge in [-0.2, -0.15) is 4.31 Å². The highest BCUT2D eigenvalue weighted by Gasteiger charge is 2.25. The molecule has 18 heavy (non-hydrogen) atoms. The minimum absolute atomic E-state index is 0.192. The quantitative estimate of drug-likeness (QED) is 0.643. The fourth-order valence-electron chi connectivity index (χ4n) is 1.56. The number of halogens is 1. The van der Waals surface area contributed by atoms with Gasteiger partial charge in [0.1, 0.15) is 0 Å². The van der Waals surface area contributed by atoms with Crippen LogP contribution >= 0.6 is 15.9 Å². The molecule has 0 atom stereocenters. The maximum Gasteiger partial charge on any atom is 0.244 e. The Bertz CT molecular complexity index is 529. The standard InChI is InChI=1S/C12H17BrN2O2S/c1-3-7-15(8-4-2)18(16,17)12-9-10(14)5-6-11(12)13/h3,5-6,9H,1,4,7-8,14H2,2H3. The number of rotatable bonds is 6. The molecule has 4 nitrogen and oxygen atoms in total. The summed E-state index contributed by atoms with van der Waals surface area (Å²) in [6, 6.07) is 4.76. The maximum atomic E-state index is 12.5. The van der Waals surface area contributed by atoms with Crippen LogP contribution in [0.3, 0.4) is 0 Å². The molecular formula is C12H17BrN2O2S. The van der Waals surface area contributed by atoms with Gasteiger partial charge in [0.2, 0.25) is 10.0 Å². The number of sulfonamides is 1. The zero-order valence-electron chi connectivity index (χ0n) is 10.3. The van der Waals surface area contributed by atoms with Crippen molar-refractivity contribution in [3.8, 4) is 0 Å². The van der Waals surface area contributed by atoms with Gasteiger partial charge in [0.25, 0.3) is 0 Å². The monoisotopic (exact) mass is 332 g/mol. The number of nitrogens with two attached hydrogens (primary N) is 1. The summed E-state index contributed by atoms with van der Waals surface area (Å²) >= 11 is 3.25. The molecule has 2 N–H and O–H groups in total. The molecule has 0 radical (unpaired) electrons. The summed E-state index contributed by atoms with van der Waals surface area (Å²) in [7, 11) is -3.54. The molecule has 0 aliphatic heterocycles. The number of hydrogen-bond donors (Lipinski definition) is 1. The van der Waals surface area contributed by atoms with E-state index in [1.165, 1.54) is 10.4 Å². The maximum absolute atomic E-state index is 12.5. The molecule has 1 aromatic carbocycles. The van der Waals surface area contributed by atoms with Crippen LogP contribution < -0.4 is 5.73 Å². The van der Waals surface area contributed by atoms with Crippen molar-refractivity contribution in [1.82, 2.24) is 4.31 Å². The van der Waals surface area contributed by atoms with Gasteiger partial charge < -0.3 is 5.73 Å². The van der Waals surface area contributed by atoms with Crippen LogP contribution in [0.15, 0.2) is 40.2 Å². The predicted octanol–water partition coefficient (Wildman–Crippen LogP) is 2.62. The largest absolute Gasteiger partial charge is 0.399 e. The van der Waals surface area contributed by atoms with Gasteiger partial charge >= 0.3 is 0 Å². The van der Waals surface area contributed by atoms with Crippen LogP contribution in [0.4, 0.5) is 5.69 Å². The summed E-state index contributed by atoms with van der Waals surface area (Å²) in [5, 5.41) is 0. The molecule has 0 aliphatic carbocycles. The van der Waals surface area contributed by atoms with Gasteiger partial charge in [-0.05, 0) is 40.5 Å². The van der Waals surface area contributed by atoms with Gasteiger partial charge in [0.05, 0.1) is 4.90 Å². The van der Waals surface area contributed by atoms with Crippen molar-refractivity contribution in [3.63, 3.8) is 0 Å². The van der Waals surface area contributed by atoms with E-state index in [2.05, 4.69) is 22.5 Å². The Hall–Kier alpha value is -0.850. The lowest BCUT2D eigenvalue weighted by Crippen LogP contribution is -2.32. The molecule has 0 saturated carbocycles. The summed E-state index contributed by atoms with van der Waals surface area (Å²) in [5.74, 6) is 0. The number of benzene rings is 1. The van der Waals surface area contributed by atoms with Gasteiger partial charge in [-0.1, -0.05) is 13.0 Å². The van der Waals surface area contributed by atoms with Crippen molar-refractivity contribution in [3.05, 3.63) is 35.3 Å².